The van der Waals surface area contributed by atoms with Crippen LogP contribution in [0.3, 0.4) is 0 Å². The summed E-state index contributed by atoms with van der Waals surface area (Å²) in [6.45, 7) is 3.49. The minimum atomic E-state index is -0.282. The number of carbonyl (C=O) groups is 1. The second-order valence-corrected chi connectivity index (χ2v) is 3.01. The molecule has 0 aromatic carbocycles. The van der Waals surface area contributed by atoms with Crippen molar-refractivity contribution in [3.8, 4) is 0 Å². The van der Waals surface area contributed by atoms with Gasteiger partial charge in [0.15, 0.2) is 0 Å². The number of ether oxygens (including phenoxy) is 3. The van der Waals surface area contributed by atoms with Crippen molar-refractivity contribution in [3.63, 3.8) is 0 Å². The van der Waals surface area contributed by atoms with E-state index < -0.39 is 0 Å². The van der Waals surface area contributed by atoms with Crippen LogP contribution in [-0.4, -0.2) is 45.5 Å². The minimum absolute atomic E-state index is 0.156. The van der Waals surface area contributed by atoms with E-state index in [0.717, 1.165) is 0 Å². The predicted octanol–water partition coefficient (Wildman–Crippen LogP) is -0.0701. The number of methoxy groups -OCH3 is 1. The summed E-state index contributed by atoms with van der Waals surface area (Å²) in [6.07, 6.45) is 0.248. The molecule has 1 atom stereocenters. The fraction of sp³-hybridized carbons (Fsp3) is 0.889. The van der Waals surface area contributed by atoms with Gasteiger partial charge in [-0.2, -0.15) is 0 Å². The van der Waals surface area contributed by atoms with Crippen molar-refractivity contribution in [2.24, 2.45) is 5.73 Å². The van der Waals surface area contributed by atoms with Crippen molar-refractivity contribution in [3.05, 3.63) is 0 Å². The maximum absolute atomic E-state index is 11.0. The van der Waals surface area contributed by atoms with Crippen molar-refractivity contribution in [1.29, 1.82) is 0 Å². The fourth-order valence-corrected chi connectivity index (χ4v) is 0.781. The van der Waals surface area contributed by atoms with Crippen molar-refractivity contribution in [1.82, 2.24) is 0 Å². The van der Waals surface area contributed by atoms with Gasteiger partial charge < -0.3 is 19.9 Å². The molecule has 2 N–H and O–H groups in total. The van der Waals surface area contributed by atoms with Crippen LogP contribution in [0, 0.1) is 0 Å². The first kappa shape index (κ1) is 13.4. The van der Waals surface area contributed by atoms with Crippen LogP contribution in [0.1, 0.15) is 13.3 Å². The number of esters is 1. The molecule has 84 valence electrons. The van der Waals surface area contributed by atoms with E-state index in [9.17, 15) is 4.79 Å². The molecule has 0 aliphatic heterocycles. The molecule has 1 unspecified atom stereocenters. The zero-order chi connectivity index (χ0) is 10.8. The van der Waals surface area contributed by atoms with Crippen LogP contribution >= 0.6 is 0 Å². The van der Waals surface area contributed by atoms with Crippen molar-refractivity contribution < 1.29 is 19.0 Å². The van der Waals surface area contributed by atoms with Gasteiger partial charge in [0.25, 0.3) is 0 Å². The molecule has 0 saturated carbocycles. The van der Waals surface area contributed by atoms with Gasteiger partial charge >= 0.3 is 5.97 Å². The average molecular weight is 205 g/mol. The Kier molecular flexibility index (Phi) is 8.51. The van der Waals surface area contributed by atoms with Gasteiger partial charge in [-0.05, 0) is 6.92 Å². The SMILES string of the molecule is COCCOCCOC(=O)CC(C)N. The molecule has 0 radical (unpaired) electrons. The Labute approximate surface area is 84.5 Å². The normalized spacial score (nSPS) is 12.5. The maximum Gasteiger partial charge on any atom is 0.307 e. The van der Waals surface area contributed by atoms with Crippen LogP contribution in [0.4, 0.5) is 0 Å². The molecule has 0 aromatic rings. The highest BCUT2D eigenvalue weighted by Crippen LogP contribution is 1.90. The molecule has 0 spiro atoms. The summed E-state index contributed by atoms with van der Waals surface area (Å²) in [4.78, 5) is 11.0. The lowest BCUT2D eigenvalue weighted by molar-refractivity contribution is -0.145. The van der Waals surface area contributed by atoms with Gasteiger partial charge in [0.1, 0.15) is 6.61 Å². The zero-order valence-corrected chi connectivity index (χ0v) is 8.82. The summed E-state index contributed by atoms with van der Waals surface area (Å²) in [5.74, 6) is -0.282. The molecule has 5 nitrogen and oxygen atoms in total. The molecule has 0 aromatic heterocycles. The number of hydrogen-bond acceptors (Lipinski definition) is 5. The second-order valence-electron chi connectivity index (χ2n) is 3.01. The largest absolute Gasteiger partial charge is 0.463 e. The van der Waals surface area contributed by atoms with E-state index in [1.165, 1.54) is 0 Å². The lowest BCUT2D eigenvalue weighted by Crippen LogP contribution is -2.22. The summed E-state index contributed by atoms with van der Waals surface area (Å²) >= 11 is 0. The number of rotatable bonds is 8. The quantitative estimate of drug-likeness (QED) is 0.443. The van der Waals surface area contributed by atoms with Crippen molar-refractivity contribution in [2.45, 2.75) is 19.4 Å². The summed E-state index contributed by atoms with van der Waals surface area (Å²) in [6, 6.07) is -0.156. The van der Waals surface area contributed by atoms with Gasteiger partial charge in [-0.3, -0.25) is 4.79 Å². The summed E-state index contributed by atoms with van der Waals surface area (Å²) < 4.78 is 14.7. The van der Waals surface area contributed by atoms with Gasteiger partial charge in [0.2, 0.25) is 0 Å². The number of carbonyl (C=O) groups excluding carboxylic acids is 1. The highest BCUT2D eigenvalue weighted by atomic mass is 16.6. The third-order valence-corrected chi connectivity index (χ3v) is 1.41. The molecular formula is C9H19NO4. The smallest absolute Gasteiger partial charge is 0.307 e. The van der Waals surface area contributed by atoms with Gasteiger partial charge in [-0.25, -0.2) is 0 Å². The van der Waals surface area contributed by atoms with Crippen molar-refractivity contribution >= 4 is 5.97 Å². The van der Waals surface area contributed by atoms with Crippen LogP contribution in [0.5, 0.6) is 0 Å². The monoisotopic (exact) mass is 205 g/mol. The first-order valence-corrected chi connectivity index (χ1v) is 4.64. The highest BCUT2D eigenvalue weighted by molar-refractivity contribution is 5.69. The van der Waals surface area contributed by atoms with Gasteiger partial charge in [-0.15, -0.1) is 0 Å². The van der Waals surface area contributed by atoms with E-state index in [0.29, 0.717) is 19.8 Å². The average Bonchev–Trinajstić information content (AvgIpc) is 2.10. The maximum atomic E-state index is 11.0. The topological polar surface area (TPSA) is 70.8 Å². The summed E-state index contributed by atoms with van der Waals surface area (Å²) in [5, 5.41) is 0. The first-order valence-electron chi connectivity index (χ1n) is 4.64. The predicted molar refractivity (Wildman–Crippen MR) is 51.9 cm³/mol. The second kappa shape index (κ2) is 8.93. The first-order chi connectivity index (χ1) is 6.66. The van der Waals surface area contributed by atoms with E-state index in [1.54, 1.807) is 14.0 Å². The molecule has 0 aliphatic carbocycles. The Bertz CT molecular complexity index is 150. The summed E-state index contributed by atoms with van der Waals surface area (Å²) in [7, 11) is 1.60. The third kappa shape index (κ3) is 9.44. The molecule has 0 heterocycles. The van der Waals surface area contributed by atoms with E-state index in [-0.39, 0.29) is 25.0 Å². The molecular weight excluding hydrogens is 186 g/mol. The molecule has 5 heteroatoms. The Balaban J connectivity index is 3.15. The zero-order valence-electron chi connectivity index (χ0n) is 8.82. The highest BCUT2D eigenvalue weighted by Gasteiger charge is 2.05. The molecule has 0 aliphatic rings. The molecule has 0 amide bonds. The standard InChI is InChI=1S/C9H19NO4/c1-8(10)7-9(11)14-6-5-13-4-3-12-2/h8H,3-7,10H2,1-2H3. The lowest BCUT2D eigenvalue weighted by atomic mass is 10.3. The number of nitrogens with two attached hydrogens (primary N) is 1. The Morgan fingerprint density at radius 2 is 1.93 bits per heavy atom. The van der Waals surface area contributed by atoms with Gasteiger partial charge in [0.05, 0.1) is 26.2 Å². The molecule has 14 heavy (non-hydrogen) atoms. The van der Waals surface area contributed by atoms with E-state index in [1.807, 2.05) is 0 Å². The minimum Gasteiger partial charge on any atom is -0.463 e. The lowest BCUT2D eigenvalue weighted by Gasteiger charge is -2.07. The fourth-order valence-electron chi connectivity index (χ4n) is 0.781. The molecule has 0 fully saturated rings. The van der Waals surface area contributed by atoms with Crippen LogP contribution in [0.15, 0.2) is 0 Å². The van der Waals surface area contributed by atoms with Gasteiger partial charge in [-0.1, -0.05) is 0 Å². The van der Waals surface area contributed by atoms with Crippen LogP contribution in [-0.2, 0) is 19.0 Å². The Morgan fingerprint density at radius 3 is 2.50 bits per heavy atom. The van der Waals surface area contributed by atoms with E-state index in [2.05, 4.69) is 0 Å². The molecule has 0 rings (SSSR count). The van der Waals surface area contributed by atoms with E-state index >= 15 is 0 Å². The van der Waals surface area contributed by atoms with Crippen LogP contribution in [0.2, 0.25) is 0 Å². The van der Waals surface area contributed by atoms with Crippen molar-refractivity contribution in [2.75, 3.05) is 33.5 Å². The van der Waals surface area contributed by atoms with Gasteiger partial charge in [0, 0.05) is 13.2 Å². The van der Waals surface area contributed by atoms with Crippen LogP contribution < -0.4 is 5.73 Å². The Morgan fingerprint density at radius 1 is 1.29 bits per heavy atom. The van der Waals surface area contributed by atoms with Crippen LogP contribution in [0.25, 0.3) is 0 Å². The Hall–Kier alpha value is -0.650. The molecule has 0 saturated heterocycles. The van der Waals surface area contributed by atoms with E-state index in [4.69, 9.17) is 19.9 Å². The molecule has 0 bridgehead atoms. The summed E-state index contributed by atoms with van der Waals surface area (Å²) in [5.41, 5.74) is 5.41. The number of hydrogen-bond donors (Lipinski definition) is 1. The third-order valence-electron chi connectivity index (χ3n) is 1.41.